The zero-order valence-electron chi connectivity index (χ0n) is 19.6. The topological polar surface area (TPSA) is 83.5 Å². The van der Waals surface area contributed by atoms with Gasteiger partial charge in [-0.1, -0.05) is 12.8 Å². The number of carbonyl (C=O) groups is 1. The van der Waals surface area contributed by atoms with Gasteiger partial charge in [0.25, 0.3) is 5.91 Å². The van der Waals surface area contributed by atoms with E-state index in [0.717, 1.165) is 55.9 Å². The summed E-state index contributed by atoms with van der Waals surface area (Å²) in [4.78, 5) is 31.7. The lowest BCUT2D eigenvalue weighted by molar-refractivity contribution is 0.0727. The number of likely N-dealkylation sites (N-methyl/N-ethyl adjacent to an activating group) is 1. The summed E-state index contributed by atoms with van der Waals surface area (Å²) < 4.78 is 20.3. The van der Waals surface area contributed by atoms with Gasteiger partial charge in [-0.15, -0.1) is 11.3 Å². The fourth-order valence-electron chi connectivity index (χ4n) is 5.48. The van der Waals surface area contributed by atoms with E-state index >= 15 is 0 Å². The molecule has 2 fully saturated rings. The van der Waals surface area contributed by atoms with Gasteiger partial charge in [-0.25, -0.2) is 19.3 Å². The van der Waals surface area contributed by atoms with Crippen LogP contribution in [0, 0.1) is 5.82 Å². The average Bonchev–Trinajstić information content (AvgIpc) is 3.54. The summed E-state index contributed by atoms with van der Waals surface area (Å²) in [6.07, 6.45) is 7.40. The Hall–Kier alpha value is -3.11. The number of carbonyl (C=O) groups excluding carboxylic acids is 1. The Morgan fingerprint density at radius 3 is 2.69 bits per heavy atom. The van der Waals surface area contributed by atoms with Gasteiger partial charge in [-0.05, 0) is 31.0 Å². The van der Waals surface area contributed by atoms with Crippen LogP contribution in [0.3, 0.4) is 0 Å². The van der Waals surface area contributed by atoms with Crippen molar-refractivity contribution < 1.29 is 13.9 Å². The van der Waals surface area contributed by atoms with Crippen LogP contribution in [-0.2, 0) is 10.2 Å². The molecular weight excluding hydrogens is 467 g/mol. The van der Waals surface area contributed by atoms with Crippen LogP contribution in [0.2, 0.25) is 0 Å². The van der Waals surface area contributed by atoms with Crippen molar-refractivity contribution in [2.45, 2.75) is 31.1 Å². The first kappa shape index (κ1) is 22.4. The lowest BCUT2D eigenvalue weighted by atomic mass is 9.79. The Labute approximate surface area is 207 Å². The van der Waals surface area contributed by atoms with E-state index in [0.29, 0.717) is 29.5 Å². The maximum atomic E-state index is 14.9. The van der Waals surface area contributed by atoms with Crippen molar-refractivity contribution in [1.82, 2.24) is 19.9 Å². The number of pyridine rings is 1. The number of fused-ring (bicyclic) bond motifs is 2. The molecule has 182 valence electrons. The van der Waals surface area contributed by atoms with Crippen LogP contribution in [0.15, 0.2) is 30.6 Å². The number of halogens is 1. The normalized spacial score (nSPS) is 19.3. The first-order valence-electron chi connectivity index (χ1n) is 12.0. The van der Waals surface area contributed by atoms with E-state index in [1.54, 1.807) is 11.1 Å². The van der Waals surface area contributed by atoms with Crippen LogP contribution in [0.25, 0.3) is 10.6 Å². The Bertz CT molecular complexity index is 1250. The van der Waals surface area contributed by atoms with E-state index < -0.39 is 5.82 Å². The Morgan fingerprint density at radius 1 is 1.14 bits per heavy atom. The van der Waals surface area contributed by atoms with E-state index in [-0.39, 0.29) is 23.0 Å². The van der Waals surface area contributed by atoms with E-state index in [1.165, 1.54) is 17.5 Å². The second-order valence-electron chi connectivity index (χ2n) is 9.52. The molecule has 1 spiro atoms. The fourth-order valence-corrected chi connectivity index (χ4v) is 6.86. The van der Waals surface area contributed by atoms with Crippen molar-refractivity contribution in [2.75, 3.05) is 50.1 Å². The fraction of sp³-hybridized carbons (Fsp3) is 0.440. The minimum absolute atomic E-state index is 0.00241. The number of nitrogens with one attached hydrogen (secondary N) is 1. The molecule has 0 bridgehead atoms. The van der Waals surface area contributed by atoms with Crippen LogP contribution >= 0.6 is 11.3 Å². The van der Waals surface area contributed by atoms with Gasteiger partial charge in [0.2, 0.25) is 5.95 Å². The van der Waals surface area contributed by atoms with Crippen LogP contribution in [-0.4, -0.2) is 65.7 Å². The Morgan fingerprint density at radius 2 is 1.94 bits per heavy atom. The minimum Gasteiger partial charge on any atom is -0.378 e. The number of nitrogens with zero attached hydrogens (tertiary/aromatic N) is 5. The highest BCUT2D eigenvalue weighted by Gasteiger charge is 2.45. The smallest absolute Gasteiger partial charge is 0.254 e. The summed E-state index contributed by atoms with van der Waals surface area (Å²) in [6.45, 7) is 3.82. The van der Waals surface area contributed by atoms with Crippen LogP contribution in [0.4, 0.5) is 21.8 Å². The van der Waals surface area contributed by atoms with Gasteiger partial charge >= 0.3 is 0 Å². The number of rotatable bonds is 4. The summed E-state index contributed by atoms with van der Waals surface area (Å²) in [5, 5.41) is 3.08. The molecule has 8 nitrogen and oxygen atoms in total. The number of hydrogen-bond acceptors (Lipinski definition) is 8. The standard InChI is InChI=1S/C25H27FN6O2S/c1-31-15-25(6-2-3-7-25)22-17(23(31)33)12-19(35-22)21-18(26)14-28-24(30-21)29-20-5-4-16(13-27-20)32-8-10-34-11-9-32/h4-5,12-14H,2-3,6-11,15H2,1H3,(H,27,28,29,30). The third kappa shape index (κ3) is 4.04. The molecule has 3 aromatic rings. The molecule has 35 heavy (non-hydrogen) atoms. The molecule has 3 aliphatic rings. The predicted octanol–water partition coefficient (Wildman–Crippen LogP) is 4.22. The van der Waals surface area contributed by atoms with E-state index in [2.05, 4.69) is 25.2 Å². The molecular formula is C25H27FN6O2S. The van der Waals surface area contributed by atoms with E-state index in [9.17, 15) is 9.18 Å². The molecule has 1 saturated heterocycles. The number of thiophene rings is 1. The lowest BCUT2D eigenvalue weighted by Crippen LogP contribution is -2.45. The predicted molar refractivity (Wildman–Crippen MR) is 133 cm³/mol. The van der Waals surface area contributed by atoms with Gasteiger partial charge in [-0.3, -0.25) is 4.79 Å². The Balaban J connectivity index is 1.28. The second kappa shape index (κ2) is 8.83. The summed E-state index contributed by atoms with van der Waals surface area (Å²) >= 11 is 1.50. The van der Waals surface area contributed by atoms with Crippen molar-refractivity contribution in [3.8, 4) is 10.6 Å². The van der Waals surface area contributed by atoms with Crippen molar-refractivity contribution in [3.05, 3.63) is 46.9 Å². The molecule has 1 aliphatic carbocycles. The minimum atomic E-state index is -0.508. The largest absolute Gasteiger partial charge is 0.378 e. The molecule has 3 aromatic heterocycles. The quantitative estimate of drug-likeness (QED) is 0.582. The highest BCUT2D eigenvalue weighted by Crippen LogP contribution is 2.50. The third-order valence-corrected chi connectivity index (χ3v) is 8.62. The second-order valence-corrected chi connectivity index (χ2v) is 10.6. The van der Waals surface area contributed by atoms with Gasteiger partial charge in [0, 0.05) is 37.0 Å². The highest BCUT2D eigenvalue weighted by atomic mass is 32.1. The van der Waals surface area contributed by atoms with E-state index in [4.69, 9.17) is 4.74 Å². The van der Waals surface area contributed by atoms with Gasteiger partial charge in [0.15, 0.2) is 5.82 Å². The summed E-state index contributed by atoms with van der Waals surface area (Å²) in [6, 6.07) is 5.66. The van der Waals surface area contributed by atoms with Gasteiger partial charge in [-0.2, -0.15) is 0 Å². The Kier molecular flexibility index (Phi) is 5.64. The molecule has 2 aliphatic heterocycles. The summed E-state index contributed by atoms with van der Waals surface area (Å²) in [5.41, 5.74) is 1.90. The van der Waals surface area contributed by atoms with Gasteiger partial charge in [0.05, 0.1) is 41.7 Å². The van der Waals surface area contributed by atoms with Crippen molar-refractivity contribution >= 4 is 34.7 Å². The molecule has 5 heterocycles. The number of anilines is 3. The molecule has 0 radical (unpaired) electrons. The molecule has 0 unspecified atom stereocenters. The van der Waals surface area contributed by atoms with Crippen LogP contribution < -0.4 is 10.2 Å². The first-order chi connectivity index (χ1) is 17.0. The average molecular weight is 495 g/mol. The molecule has 0 atom stereocenters. The maximum absolute atomic E-state index is 14.9. The molecule has 10 heteroatoms. The zero-order chi connectivity index (χ0) is 24.0. The molecule has 1 saturated carbocycles. The number of aromatic nitrogens is 3. The van der Waals surface area contributed by atoms with E-state index in [1.807, 2.05) is 25.2 Å². The zero-order valence-corrected chi connectivity index (χ0v) is 20.4. The summed E-state index contributed by atoms with van der Waals surface area (Å²) in [7, 11) is 1.85. The molecule has 6 rings (SSSR count). The number of hydrogen-bond donors (Lipinski definition) is 1. The highest BCUT2D eigenvalue weighted by molar-refractivity contribution is 7.16. The number of ether oxygens (including phenoxy) is 1. The molecule has 0 aromatic carbocycles. The first-order valence-corrected chi connectivity index (χ1v) is 12.8. The van der Waals surface area contributed by atoms with Crippen LogP contribution in [0.5, 0.6) is 0 Å². The van der Waals surface area contributed by atoms with Crippen molar-refractivity contribution in [2.24, 2.45) is 0 Å². The SMILES string of the molecule is CN1CC2(CCCC2)c2sc(-c3nc(Nc4ccc(N5CCOCC5)cn4)ncc3F)cc2C1=O. The maximum Gasteiger partial charge on any atom is 0.254 e. The van der Waals surface area contributed by atoms with Crippen molar-refractivity contribution in [1.29, 1.82) is 0 Å². The lowest BCUT2D eigenvalue weighted by Gasteiger charge is -2.38. The number of amides is 1. The molecule has 1 N–H and O–H groups in total. The summed E-state index contributed by atoms with van der Waals surface area (Å²) in [5.74, 6) is 0.327. The monoisotopic (exact) mass is 494 g/mol. The van der Waals surface area contributed by atoms with Gasteiger partial charge in [0.1, 0.15) is 11.5 Å². The van der Waals surface area contributed by atoms with Gasteiger partial charge < -0.3 is 19.9 Å². The number of morpholine rings is 1. The van der Waals surface area contributed by atoms with Crippen molar-refractivity contribution in [3.63, 3.8) is 0 Å². The molecule has 1 amide bonds. The third-order valence-electron chi connectivity index (χ3n) is 7.23. The van der Waals surface area contributed by atoms with Crippen LogP contribution in [0.1, 0.15) is 40.9 Å².